The summed E-state index contributed by atoms with van der Waals surface area (Å²) in [4.78, 5) is 0. The molecule has 3 fully saturated rings. The van der Waals surface area contributed by atoms with E-state index in [0.29, 0.717) is 0 Å². The smallest absolute Gasteiger partial charge is 0.000463 e. The van der Waals surface area contributed by atoms with Crippen molar-refractivity contribution in [2.75, 3.05) is 4.43 Å². The van der Waals surface area contributed by atoms with E-state index >= 15 is 0 Å². The summed E-state index contributed by atoms with van der Waals surface area (Å²) in [6.07, 6.45) is 26.9. The van der Waals surface area contributed by atoms with Crippen molar-refractivity contribution < 1.29 is 0 Å². The van der Waals surface area contributed by atoms with Gasteiger partial charge in [0.15, 0.2) is 0 Å². The molecular formula is C29H49I. The van der Waals surface area contributed by atoms with Gasteiger partial charge in [-0.05, 0) is 142 Å². The van der Waals surface area contributed by atoms with Crippen molar-refractivity contribution in [3.8, 4) is 0 Å². The molecule has 0 radical (unpaired) electrons. The topological polar surface area (TPSA) is 0 Å². The zero-order valence-electron chi connectivity index (χ0n) is 20.1. The minimum atomic E-state index is 0.963. The van der Waals surface area contributed by atoms with E-state index in [1.165, 1.54) is 87.9 Å². The Morgan fingerprint density at radius 1 is 0.800 bits per heavy atom. The van der Waals surface area contributed by atoms with E-state index in [1.54, 1.807) is 19.3 Å². The maximum atomic E-state index is 2.75. The molecule has 0 aromatic heterocycles. The van der Waals surface area contributed by atoms with Crippen LogP contribution in [-0.2, 0) is 0 Å². The lowest BCUT2D eigenvalue weighted by Gasteiger charge is -2.44. The highest BCUT2D eigenvalue weighted by Crippen LogP contribution is 2.48. The summed E-state index contributed by atoms with van der Waals surface area (Å²) in [6.45, 7) is 5.09. The van der Waals surface area contributed by atoms with Crippen LogP contribution >= 0.6 is 22.6 Å². The van der Waals surface area contributed by atoms with Gasteiger partial charge in [0.25, 0.3) is 0 Å². The summed E-state index contributed by atoms with van der Waals surface area (Å²) in [6, 6.07) is 0. The van der Waals surface area contributed by atoms with Gasteiger partial charge in [0.2, 0.25) is 0 Å². The molecule has 0 nitrogen and oxygen atoms in total. The molecule has 4 unspecified atom stereocenters. The van der Waals surface area contributed by atoms with Crippen molar-refractivity contribution in [1.82, 2.24) is 0 Å². The monoisotopic (exact) mass is 524 g/mol. The first-order valence-corrected chi connectivity index (χ1v) is 15.4. The van der Waals surface area contributed by atoms with Gasteiger partial charge >= 0.3 is 0 Å². The number of rotatable bonds is 6. The highest BCUT2D eigenvalue weighted by Gasteiger charge is 2.37. The summed E-state index contributed by atoms with van der Waals surface area (Å²) in [5.41, 5.74) is 1.89. The second kappa shape index (κ2) is 11.6. The average molecular weight is 525 g/mol. The van der Waals surface area contributed by atoms with E-state index in [2.05, 4.69) is 42.5 Å². The van der Waals surface area contributed by atoms with Crippen LogP contribution in [0, 0.1) is 47.3 Å². The van der Waals surface area contributed by atoms with Crippen LogP contribution in [0.1, 0.15) is 117 Å². The second-order valence-electron chi connectivity index (χ2n) is 12.1. The molecule has 0 spiro atoms. The van der Waals surface area contributed by atoms with E-state index in [4.69, 9.17) is 0 Å². The first kappa shape index (κ1) is 23.6. The first-order valence-electron chi connectivity index (χ1n) is 13.9. The van der Waals surface area contributed by atoms with E-state index in [1.807, 2.05) is 5.57 Å². The maximum Gasteiger partial charge on any atom is -0.000463 e. The van der Waals surface area contributed by atoms with Crippen molar-refractivity contribution in [2.45, 2.75) is 117 Å². The second-order valence-corrected chi connectivity index (χ2v) is 13.2. The van der Waals surface area contributed by atoms with E-state index in [9.17, 15) is 0 Å². The molecular weight excluding hydrogens is 475 g/mol. The fraction of sp³-hybridized carbons (Fsp3) is 0.931. The van der Waals surface area contributed by atoms with Crippen molar-refractivity contribution in [3.05, 3.63) is 11.6 Å². The predicted octanol–water partition coefficient (Wildman–Crippen LogP) is 9.61. The third kappa shape index (κ3) is 6.07. The molecule has 0 N–H and O–H groups in total. The largest absolute Gasteiger partial charge is 0.0864 e. The number of alkyl halides is 1. The predicted molar refractivity (Wildman–Crippen MR) is 140 cm³/mol. The van der Waals surface area contributed by atoms with Gasteiger partial charge in [0.1, 0.15) is 0 Å². The molecule has 172 valence electrons. The van der Waals surface area contributed by atoms with E-state index in [-0.39, 0.29) is 0 Å². The molecule has 0 aromatic rings. The maximum absolute atomic E-state index is 2.75. The van der Waals surface area contributed by atoms with Crippen molar-refractivity contribution in [3.63, 3.8) is 0 Å². The lowest BCUT2D eigenvalue weighted by molar-refractivity contribution is 0.0758. The minimum absolute atomic E-state index is 0.963. The molecule has 0 heterocycles. The molecule has 0 amide bonds. The van der Waals surface area contributed by atoms with Crippen molar-refractivity contribution >= 4 is 22.6 Å². The first-order chi connectivity index (χ1) is 14.6. The normalized spacial score (nSPS) is 43.2. The van der Waals surface area contributed by atoms with Gasteiger partial charge in [-0.25, -0.2) is 0 Å². The molecule has 0 bridgehead atoms. The minimum Gasteiger partial charge on any atom is -0.0864 e. The molecule has 0 aromatic carbocycles. The number of hydrogen-bond acceptors (Lipinski definition) is 0. The standard InChI is InChI=1S/C29H49I/c1-21-5-9-27(10-6-21)29-18-17-28(20-22(29)2)26-15-13-25(14-16-26)24-11-7-23(8-12-24)4-3-19-30/h13,21-24,26-29H,3-12,14-20H2,1-2H3. The van der Waals surface area contributed by atoms with Crippen LogP contribution in [0.2, 0.25) is 0 Å². The van der Waals surface area contributed by atoms with Gasteiger partial charge in [0.05, 0.1) is 0 Å². The quantitative estimate of drug-likeness (QED) is 0.184. The molecule has 1 heteroatoms. The Labute approximate surface area is 202 Å². The van der Waals surface area contributed by atoms with Gasteiger partial charge in [0, 0.05) is 0 Å². The summed E-state index contributed by atoms with van der Waals surface area (Å²) in [7, 11) is 0. The Bertz CT molecular complexity index is 535. The van der Waals surface area contributed by atoms with Crippen LogP contribution in [0.5, 0.6) is 0 Å². The van der Waals surface area contributed by atoms with Gasteiger partial charge in [-0.3, -0.25) is 0 Å². The van der Waals surface area contributed by atoms with Crippen LogP contribution in [0.4, 0.5) is 0 Å². The highest BCUT2D eigenvalue weighted by molar-refractivity contribution is 14.1. The number of halogens is 1. The van der Waals surface area contributed by atoms with E-state index in [0.717, 1.165) is 47.3 Å². The summed E-state index contributed by atoms with van der Waals surface area (Å²) in [5.74, 6) is 8.20. The lowest BCUT2D eigenvalue weighted by atomic mass is 9.62. The van der Waals surface area contributed by atoms with Crippen LogP contribution in [-0.4, -0.2) is 4.43 Å². The fourth-order valence-corrected chi connectivity index (χ4v) is 8.61. The van der Waals surface area contributed by atoms with Gasteiger partial charge in [-0.15, -0.1) is 0 Å². The van der Waals surface area contributed by atoms with Crippen molar-refractivity contribution in [1.29, 1.82) is 0 Å². The molecule has 3 saturated carbocycles. The Kier molecular flexibility index (Phi) is 9.10. The van der Waals surface area contributed by atoms with Gasteiger partial charge in [-0.2, -0.15) is 0 Å². The molecule has 4 atom stereocenters. The number of hydrogen-bond donors (Lipinski definition) is 0. The zero-order valence-corrected chi connectivity index (χ0v) is 22.3. The lowest BCUT2D eigenvalue weighted by Crippen LogP contribution is -2.33. The van der Waals surface area contributed by atoms with Crippen LogP contribution in [0.25, 0.3) is 0 Å². The van der Waals surface area contributed by atoms with Gasteiger partial charge < -0.3 is 0 Å². The third-order valence-corrected chi connectivity index (χ3v) is 11.0. The van der Waals surface area contributed by atoms with Gasteiger partial charge in [-0.1, -0.05) is 60.9 Å². The number of allylic oxidation sites excluding steroid dienone is 2. The average Bonchev–Trinajstić information content (AvgIpc) is 2.79. The molecule has 4 aliphatic rings. The third-order valence-electron chi connectivity index (χ3n) is 10.2. The molecule has 30 heavy (non-hydrogen) atoms. The van der Waals surface area contributed by atoms with Crippen molar-refractivity contribution in [2.24, 2.45) is 47.3 Å². The Morgan fingerprint density at radius 2 is 1.53 bits per heavy atom. The molecule has 0 saturated heterocycles. The molecule has 4 aliphatic carbocycles. The van der Waals surface area contributed by atoms with Crippen LogP contribution in [0.15, 0.2) is 11.6 Å². The summed E-state index contributed by atoms with van der Waals surface area (Å²) >= 11 is 2.55. The Morgan fingerprint density at radius 3 is 2.17 bits per heavy atom. The van der Waals surface area contributed by atoms with Crippen LogP contribution < -0.4 is 0 Å². The summed E-state index contributed by atoms with van der Waals surface area (Å²) < 4.78 is 1.35. The zero-order chi connectivity index (χ0) is 20.9. The molecule has 4 rings (SSSR count). The van der Waals surface area contributed by atoms with Crippen LogP contribution in [0.3, 0.4) is 0 Å². The summed E-state index contributed by atoms with van der Waals surface area (Å²) in [5, 5.41) is 0. The Balaban J connectivity index is 1.21. The fourth-order valence-electron chi connectivity index (χ4n) is 8.17. The molecule has 0 aliphatic heterocycles. The Hall–Kier alpha value is 0.470. The van der Waals surface area contributed by atoms with E-state index < -0.39 is 0 Å². The SMILES string of the molecule is CC1CCC(C2CCC(C3CC=C(C4CCC(CCCI)CC4)CC3)CC2C)CC1. The highest BCUT2D eigenvalue weighted by atomic mass is 127.